The van der Waals surface area contributed by atoms with Crippen LogP contribution in [-0.4, -0.2) is 42.5 Å². The van der Waals surface area contributed by atoms with Crippen LogP contribution in [0.1, 0.15) is 25.3 Å². The summed E-state index contributed by atoms with van der Waals surface area (Å²) in [4.78, 5) is 42.2. The van der Waals surface area contributed by atoms with E-state index in [4.69, 9.17) is 9.47 Å². The average Bonchev–Trinajstić information content (AvgIpc) is 3.13. The smallest absolute Gasteiger partial charge is 0.332 e. The topological polar surface area (TPSA) is 88.2 Å². The lowest BCUT2D eigenvalue weighted by atomic mass is 10.1. The number of rotatable bonds is 10. The van der Waals surface area contributed by atoms with E-state index < -0.39 is 29.7 Å². The molecule has 192 valence electrons. The largest absolute Gasteiger partial charge is 0.497 e. The number of halogens is 1. The van der Waals surface area contributed by atoms with E-state index in [1.807, 2.05) is 6.92 Å². The number of benzene rings is 3. The van der Waals surface area contributed by atoms with Crippen LogP contribution in [0.3, 0.4) is 0 Å². The Kier molecular flexibility index (Phi) is 8.02. The third-order valence-electron chi connectivity index (χ3n) is 5.91. The van der Waals surface area contributed by atoms with Gasteiger partial charge in [0.25, 0.3) is 5.91 Å². The minimum absolute atomic E-state index is 0.0406. The van der Waals surface area contributed by atoms with E-state index in [-0.39, 0.29) is 13.0 Å². The molecule has 0 unspecified atom stereocenters. The molecular formula is C28H28FN3O5. The number of ether oxygens (including phenoxy) is 2. The molecule has 1 heterocycles. The molecule has 0 spiro atoms. The number of carbonyl (C=O) groups is 3. The number of nitrogens with one attached hydrogen (secondary N) is 1. The number of carbonyl (C=O) groups excluding carboxylic acids is 3. The fourth-order valence-corrected chi connectivity index (χ4v) is 4.01. The Morgan fingerprint density at radius 1 is 0.946 bits per heavy atom. The first-order valence-corrected chi connectivity index (χ1v) is 12.0. The van der Waals surface area contributed by atoms with E-state index in [0.29, 0.717) is 35.0 Å². The van der Waals surface area contributed by atoms with Gasteiger partial charge in [0.05, 0.1) is 25.8 Å². The van der Waals surface area contributed by atoms with Crippen molar-refractivity contribution in [2.45, 2.75) is 32.4 Å². The molecule has 9 heteroatoms. The molecule has 0 saturated carbocycles. The monoisotopic (exact) mass is 505 g/mol. The highest BCUT2D eigenvalue weighted by atomic mass is 19.1. The molecule has 3 aromatic rings. The summed E-state index contributed by atoms with van der Waals surface area (Å²) in [6.45, 7) is 2.65. The Morgan fingerprint density at radius 3 is 2.22 bits per heavy atom. The van der Waals surface area contributed by atoms with Gasteiger partial charge in [-0.25, -0.2) is 14.1 Å². The summed E-state index contributed by atoms with van der Waals surface area (Å²) >= 11 is 0. The molecule has 1 aliphatic rings. The maximum atomic E-state index is 13.4. The van der Waals surface area contributed by atoms with Crippen molar-refractivity contribution in [3.63, 3.8) is 0 Å². The zero-order valence-electron chi connectivity index (χ0n) is 20.6. The van der Waals surface area contributed by atoms with Gasteiger partial charge in [-0.1, -0.05) is 19.1 Å². The average molecular weight is 506 g/mol. The van der Waals surface area contributed by atoms with Crippen LogP contribution in [0.25, 0.3) is 0 Å². The van der Waals surface area contributed by atoms with Gasteiger partial charge in [0.15, 0.2) is 0 Å². The molecule has 0 aromatic heterocycles. The highest BCUT2D eigenvalue weighted by Crippen LogP contribution is 2.30. The number of anilines is 2. The van der Waals surface area contributed by atoms with Crippen LogP contribution in [0, 0.1) is 5.82 Å². The number of nitrogens with zero attached hydrogens (tertiary/aromatic N) is 2. The maximum Gasteiger partial charge on any atom is 0.332 e. The summed E-state index contributed by atoms with van der Waals surface area (Å²) in [5.74, 6) is -0.0793. The van der Waals surface area contributed by atoms with Crippen molar-refractivity contribution in [2.75, 3.05) is 23.9 Å². The number of hydrogen-bond acceptors (Lipinski definition) is 5. The van der Waals surface area contributed by atoms with Gasteiger partial charge < -0.3 is 19.7 Å². The lowest BCUT2D eigenvalue weighted by Crippen LogP contribution is -2.37. The summed E-state index contributed by atoms with van der Waals surface area (Å²) in [7, 11) is 1.52. The van der Waals surface area contributed by atoms with Crippen molar-refractivity contribution in [3.8, 4) is 11.5 Å². The number of hydrogen-bond donors (Lipinski definition) is 1. The lowest BCUT2D eigenvalue weighted by molar-refractivity contribution is -0.124. The van der Waals surface area contributed by atoms with Crippen LogP contribution in [-0.2, 0) is 16.1 Å². The summed E-state index contributed by atoms with van der Waals surface area (Å²) in [6, 6.07) is 17.5. The van der Waals surface area contributed by atoms with E-state index in [9.17, 15) is 18.8 Å². The molecule has 1 fully saturated rings. The van der Waals surface area contributed by atoms with Crippen molar-refractivity contribution in [1.82, 2.24) is 4.90 Å². The molecule has 0 bridgehead atoms. The second kappa shape index (κ2) is 11.6. The zero-order chi connectivity index (χ0) is 26.4. The molecule has 3 aromatic carbocycles. The number of methoxy groups -OCH3 is 1. The number of amides is 4. The van der Waals surface area contributed by atoms with Gasteiger partial charge in [0.2, 0.25) is 5.91 Å². The maximum absolute atomic E-state index is 13.4. The van der Waals surface area contributed by atoms with E-state index >= 15 is 0 Å². The third-order valence-corrected chi connectivity index (χ3v) is 5.91. The van der Waals surface area contributed by atoms with E-state index in [2.05, 4.69) is 5.32 Å². The van der Waals surface area contributed by atoms with Gasteiger partial charge in [0.1, 0.15) is 23.4 Å². The Hall–Kier alpha value is -4.40. The van der Waals surface area contributed by atoms with Crippen LogP contribution in [0.15, 0.2) is 72.8 Å². The SMILES string of the molecule is CCCOc1ccc(NC(=O)C[C@H]2C(=O)N(c3ccc(OC)cc3)C(=O)N2Cc2ccc(F)cc2)cc1. The molecule has 8 nitrogen and oxygen atoms in total. The summed E-state index contributed by atoms with van der Waals surface area (Å²) in [6.07, 6.45) is 0.640. The van der Waals surface area contributed by atoms with Gasteiger partial charge in [-0.15, -0.1) is 0 Å². The van der Waals surface area contributed by atoms with Crippen molar-refractivity contribution in [3.05, 3.63) is 84.2 Å². The van der Waals surface area contributed by atoms with Crippen molar-refractivity contribution < 1.29 is 28.2 Å². The molecule has 1 atom stereocenters. The van der Waals surface area contributed by atoms with Crippen LogP contribution in [0.4, 0.5) is 20.6 Å². The van der Waals surface area contributed by atoms with Gasteiger partial charge in [0, 0.05) is 12.2 Å². The quantitative estimate of drug-likeness (QED) is 0.392. The normalized spacial score (nSPS) is 15.2. The second-order valence-corrected chi connectivity index (χ2v) is 8.55. The molecule has 0 aliphatic carbocycles. The van der Waals surface area contributed by atoms with Gasteiger partial charge in [-0.2, -0.15) is 0 Å². The minimum atomic E-state index is -1.04. The van der Waals surface area contributed by atoms with Crippen molar-refractivity contribution >= 4 is 29.2 Å². The second-order valence-electron chi connectivity index (χ2n) is 8.55. The molecule has 1 saturated heterocycles. The molecule has 1 N–H and O–H groups in total. The fourth-order valence-electron chi connectivity index (χ4n) is 4.01. The van der Waals surface area contributed by atoms with Crippen LogP contribution >= 0.6 is 0 Å². The Labute approximate surface area is 214 Å². The van der Waals surface area contributed by atoms with Crippen LogP contribution < -0.4 is 19.7 Å². The summed E-state index contributed by atoms with van der Waals surface area (Å²) in [5.41, 5.74) is 1.54. The Morgan fingerprint density at radius 2 is 1.59 bits per heavy atom. The van der Waals surface area contributed by atoms with Gasteiger partial charge in [-0.05, 0) is 72.6 Å². The molecule has 1 aliphatic heterocycles. The number of imide groups is 1. The molecule has 4 rings (SSSR count). The summed E-state index contributed by atoms with van der Waals surface area (Å²) in [5, 5.41) is 2.78. The molecule has 4 amide bonds. The predicted molar refractivity (Wildman–Crippen MR) is 137 cm³/mol. The van der Waals surface area contributed by atoms with E-state index in [0.717, 1.165) is 11.3 Å². The first-order valence-electron chi connectivity index (χ1n) is 12.0. The Bertz CT molecular complexity index is 1250. The first-order chi connectivity index (χ1) is 17.9. The van der Waals surface area contributed by atoms with E-state index in [1.165, 1.54) is 24.1 Å². The van der Waals surface area contributed by atoms with Crippen molar-refractivity contribution in [2.24, 2.45) is 0 Å². The molecule has 37 heavy (non-hydrogen) atoms. The first kappa shape index (κ1) is 25.7. The lowest BCUT2D eigenvalue weighted by Gasteiger charge is -2.21. The summed E-state index contributed by atoms with van der Waals surface area (Å²) < 4.78 is 24.1. The van der Waals surface area contributed by atoms with Crippen molar-refractivity contribution in [1.29, 1.82) is 0 Å². The predicted octanol–water partition coefficient (Wildman–Crippen LogP) is 4.99. The fraction of sp³-hybridized carbons (Fsp3) is 0.250. The van der Waals surface area contributed by atoms with Gasteiger partial charge in [-0.3, -0.25) is 9.59 Å². The minimum Gasteiger partial charge on any atom is -0.497 e. The number of urea groups is 1. The highest BCUT2D eigenvalue weighted by molar-refractivity contribution is 6.22. The third kappa shape index (κ3) is 6.06. The van der Waals surface area contributed by atoms with Gasteiger partial charge >= 0.3 is 6.03 Å². The standard InChI is InChI=1S/C28H28FN3O5/c1-3-16-37-24-12-8-21(9-13-24)30-26(33)17-25-27(34)32(22-10-14-23(36-2)15-11-22)28(35)31(25)18-19-4-6-20(29)7-5-19/h4-15,25H,3,16-18H2,1-2H3,(H,30,33)/t25-/m0/s1. The zero-order valence-corrected chi connectivity index (χ0v) is 20.6. The Balaban J connectivity index is 1.53. The van der Waals surface area contributed by atoms with Crippen LogP contribution in [0.5, 0.6) is 11.5 Å². The molecular weight excluding hydrogens is 477 g/mol. The van der Waals surface area contributed by atoms with E-state index in [1.54, 1.807) is 60.7 Å². The highest BCUT2D eigenvalue weighted by Gasteiger charge is 2.46. The van der Waals surface area contributed by atoms with Crippen LogP contribution in [0.2, 0.25) is 0 Å². The molecule has 0 radical (unpaired) electrons.